The normalized spacial score (nSPS) is 19.3. The number of nitrogens with one attached hydrogen (secondary N) is 1. The Morgan fingerprint density at radius 1 is 0.939 bits per heavy atom. The van der Waals surface area contributed by atoms with E-state index >= 15 is 0 Å². The lowest BCUT2D eigenvalue weighted by Crippen LogP contribution is -2.69. The Hall–Kier alpha value is -4.07. The number of benzene rings is 3. The van der Waals surface area contributed by atoms with Crippen LogP contribution >= 0.6 is 0 Å². The van der Waals surface area contributed by atoms with Gasteiger partial charge in [0.1, 0.15) is 0 Å². The van der Waals surface area contributed by atoms with Crippen molar-refractivity contribution in [3.8, 4) is 0 Å². The van der Waals surface area contributed by atoms with Gasteiger partial charge in [0, 0.05) is 31.1 Å². The third kappa shape index (κ3) is 3.26. The minimum Gasteiger partial charge on any atom is -0.322 e. The summed E-state index contributed by atoms with van der Waals surface area (Å²) in [5.74, 6) is -3.51. The second-order valence-electron chi connectivity index (χ2n) is 8.02. The first kappa shape index (κ1) is 20.8. The van der Waals surface area contributed by atoms with E-state index in [1.807, 2.05) is 30.3 Å². The molecule has 3 amide bonds. The van der Waals surface area contributed by atoms with Crippen molar-refractivity contribution in [3.63, 3.8) is 0 Å². The summed E-state index contributed by atoms with van der Waals surface area (Å²) in [6.07, 6.45) is 0.117. The fourth-order valence-corrected chi connectivity index (χ4v) is 4.57. The van der Waals surface area contributed by atoms with Gasteiger partial charge in [0.2, 0.25) is 11.6 Å². The van der Waals surface area contributed by atoms with Crippen LogP contribution in [0.5, 0.6) is 0 Å². The van der Waals surface area contributed by atoms with Gasteiger partial charge >= 0.3 is 0 Å². The molecule has 1 atom stereocenters. The number of carbonyl (C=O) groups excluding carboxylic acids is 3. The van der Waals surface area contributed by atoms with Gasteiger partial charge in [-0.2, -0.15) is 0 Å². The highest BCUT2D eigenvalue weighted by Crippen LogP contribution is 2.45. The third-order valence-corrected chi connectivity index (χ3v) is 6.10. The van der Waals surface area contributed by atoms with Crippen LogP contribution in [0.4, 0.5) is 20.2 Å². The SMILES string of the molecule is O=C1c2ccccc2N2C(=O)CCC2(C(=O)Nc2ccc(F)c(F)c2)N1Cc1ccccc1. The van der Waals surface area contributed by atoms with Gasteiger partial charge in [0.15, 0.2) is 11.6 Å². The zero-order valence-electron chi connectivity index (χ0n) is 17.4. The number of rotatable bonds is 4. The van der Waals surface area contributed by atoms with Gasteiger partial charge in [-0.25, -0.2) is 8.78 Å². The fourth-order valence-electron chi connectivity index (χ4n) is 4.57. The van der Waals surface area contributed by atoms with Crippen LogP contribution in [0.25, 0.3) is 0 Å². The molecule has 2 aliphatic heterocycles. The first-order chi connectivity index (χ1) is 15.9. The molecular weight excluding hydrogens is 428 g/mol. The molecule has 33 heavy (non-hydrogen) atoms. The number of para-hydroxylation sites is 1. The average molecular weight is 447 g/mol. The molecule has 0 radical (unpaired) electrons. The molecule has 0 aliphatic carbocycles. The molecule has 5 rings (SSSR count). The first-order valence-electron chi connectivity index (χ1n) is 10.5. The molecule has 1 saturated heterocycles. The summed E-state index contributed by atoms with van der Waals surface area (Å²) in [6, 6.07) is 18.8. The summed E-state index contributed by atoms with van der Waals surface area (Å²) in [5.41, 5.74) is -0.166. The van der Waals surface area contributed by atoms with E-state index in [0.717, 1.165) is 17.7 Å². The maximum absolute atomic E-state index is 13.8. The second-order valence-corrected chi connectivity index (χ2v) is 8.02. The molecule has 0 spiro atoms. The Balaban J connectivity index is 1.64. The van der Waals surface area contributed by atoms with Crippen LogP contribution in [0.2, 0.25) is 0 Å². The van der Waals surface area contributed by atoms with Crippen LogP contribution in [0.15, 0.2) is 72.8 Å². The molecule has 8 heteroatoms. The monoisotopic (exact) mass is 447 g/mol. The summed E-state index contributed by atoms with van der Waals surface area (Å²) in [4.78, 5) is 43.2. The number of hydrogen-bond donors (Lipinski definition) is 1. The van der Waals surface area contributed by atoms with Gasteiger partial charge in [0.25, 0.3) is 11.8 Å². The molecule has 1 unspecified atom stereocenters. The maximum Gasteiger partial charge on any atom is 0.271 e. The van der Waals surface area contributed by atoms with Crippen molar-refractivity contribution in [1.82, 2.24) is 4.90 Å². The van der Waals surface area contributed by atoms with Crippen molar-refractivity contribution in [1.29, 1.82) is 0 Å². The predicted octanol–water partition coefficient (Wildman–Crippen LogP) is 4.08. The van der Waals surface area contributed by atoms with Crippen molar-refractivity contribution in [3.05, 3.63) is 95.6 Å². The van der Waals surface area contributed by atoms with Gasteiger partial charge in [-0.3, -0.25) is 19.3 Å². The standard InChI is InChI=1S/C25H19F2N3O3/c26-19-11-10-17(14-20(19)27)28-24(33)25-13-12-22(31)30(25)21-9-5-4-8-18(21)23(32)29(25)15-16-6-2-1-3-7-16/h1-11,14H,12-13,15H2,(H,28,33). The van der Waals surface area contributed by atoms with Gasteiger partial charge in [0.05, 0.1) is 11.3 Å². The quantitative estimate of drug-likeness (QED) is 0.655. The molecule has 0 aromatic heterocycles. The molecule has 3 aromatic rings. The highest BCUT2D eigenvalue weighted by atomic mass is 19.2. The maximum atomic E-state index is 13.8. The topological polar surface area (TPSA) is 69.7 Å². The average Bonchev–Trinajstić information content (AvgIpc) is 3.18. The van der Waals surface area contributed by atoms with Crippen molar-refractivity contribution < 1.29 is 23.2 Å². The minimum absolute atomic E-state index is 0.0264. The van der Waals surface area contributed by atoms with Crippen LogP contribution in [0.1, 0.15) is 28.8 Å². The van der Waals surface area contributed by atoms with E-state index in [1.165, 1.54) is 15.9 Å². The number of hydrogen-bond acceptors (Lipinski definition) is 3. The lowest BCUT2D eigenvalue weighted by molar-refractivity contribution is -0.129. The third-order valence-electron chi connectivity index (χ3n) is 6.10. The smallest absolute Gasteiger partial charge is 0.271 e. The molecule has 6 nitrogen and oxygen atoms in total. The van der Waals surface area contributed by atoms with Gasteiger partial charge in [-0.05, 0) is 29.8 Å². The van der Waals surface area contributed by atoms with Crippen LogP contribution in [0.3, 0.4) is 0 Å². The zero-order valence-corrected chi connectivity index (χ0v) is 17.4. The van der Waals surface area contributed by atoms with E-state index in [0.29, 0.717) is 11.3 Å². The van der Waals surface area contributed by atoms with Gasteiger partial charge in [-0.1, -0.05) is 42.5 Å². The highest BCUT2D eigenvalue weighted by molar-refractivity contribution is 6.18. The Labute approximate surface area is 188 Å². The summed E-state index contributed by atoms with van der Waals surface area (Å²) in [5, 5.41) is 2.60. The summed E-state index contributed by atoms with van der Waals surface area (Å²) in [6.45, 7) is 0.0863. The van der Waals surface area contributed by atoms with E-state index in [2.05, 4.69) is 5.32 Å². The first-order valence-corrected chi connectivity index (χ1v) is 10.5. The lowest BCUT2D eigenvalue weighted by atomic mass is 9.94. The predicted molar refractivity (Wildman–Crippen MR) is 117 cm³/mol. The molecule has 0 bridgehead atoms. The largest absolute Gasteiger partial charge is 0.322 e. The van der Waals surface area contributed by atoms with Crippen molar-refractivity contribution in [2.45, 2.75) is 25.0 Å². The molecule has 2 aliphatic rings. The van der Waals surface area contributed by atoms with E-state index in [1.54, 1.807) is 24.3 Å². The van der Waals surface area contributed by atoms with Gasteiger partial charge in [-0.15, -0.1) is 0 Å². The van der Waals surface area contributed by atoms with Crippen molar-refractivity contribution in [2.75, 3.05) is 10.2 Å². The van der Waals surface area contributed by atoms with Crippen molar-refractivity contribution >= 4 is 29.1 Å². The summed E-state index contributed by atoms with van der Waals surface area (Å²) < 4.78 is 27.2. The number of carbonyl (C=O) groups is 3. The van der Waals surface area contributed by atoms with Crippen LogP contribution < -0.4 is 10.2 Å². The molecule has 1 fully saturated rings. The highest BCUT2D eigenvalue weighted by Gasteiger charge is 2.60. The van der Waals surface area contributed by atoms with Crippen LogP contribution in [-0.4, -0.2) is 28.3 Å². The van der Waals surface area contributed by atoms with Crippen LogP contribution in [0, 0.1) is 11.6 Å². The fraction of sp³-hybridized carbons (Fsp3) is 0.160. The zero-order chi connectivity index (χ0) is 23.2. The van der Waals surface area contributed by atoms with Gasteiger partial charge < -0.3 is 10.2 Å². The lowest BCUT2D eigenvalue weighted by Gasteiger charge is -2.49. The van der Waals surface area contributed by atoms with E-state index in [-0.39, 0.29) is 36.9 Å². The van der Waals surface area contributed by atoms with Crippen molar-refractivity contribution in [2.24, 2.45) is 0 Å². The Kier molecular flexibility index (Phi) is 4.92. The number of anilines is 2. The Morgan fingerprint density at radius 2 is 1.67 bits per heavy atom. The summed E-state index contributed by atoms with van der Waals surface area (Å²) >= 11 is 0. The van der Waals surface area contributed by atoms with Crippen LogP contribution in [-0.2, 0) is 16.1 Å². The minimum atomic E-state index is -1.65. The molecule has 1 N–H and O–H groups in total. The Bertz CT molecular complexity index is 1280. The Morgan fingerprint density at radius 3 is 2.42 bits per heavy atom. The van der Waals surface area contributed by atoms with E-state index in [9.17, 15) is 23.2 Å². The summed E-state index contributed by atoms with van der Waals surface area (Å²) in [7, 11) is 0. The number of nitrogens with zero attached hydrogens (tertiary/aromatic N) is 2. The number of halogens is 2. The number of amides is 3. The number of fused-ring (bicyclic) bond motifs is 3. The van der Waals surface area contributed by atoms with E-state index in [4.69, 9.17) is 0 Å². The molecule has 166 valence electrons. The molecular formula is C25H19F2N3O3. The molecule has 2 heterocycles. The second kappa shape index (κ2) is 7.81. The van der Waals surface area contributed by atoms with E-state index < -0.39 is 23.2 Å². The molecule has 3 aromatic carbocycles. The molecule has 0 saturated carbocycles.